The Morgan fingerprint density at radius 2 is 1.88 bits per heavy atom. The molecule has 1 aliphatic heterocycles. The summed E-state index contributed by atoms with van der Waals surface area (Å²) in [6.07, 6.45) is 5.66. The molecule has 0 bridgehead atoms. The Labute approximate surface area is 98.1 Å². The molecule has 0 N–H and O–H groups in total. The molecule has 1 heterocycles. The summed E-state index contributed by atoms with van der Waals surface area (Å²) in [4.78, 5) is 2.37. The third kappa shape index (κ3) is 2.83. The lowest BCUT2D eigenvalue weighted by atomic mass is 10.0. The van der Waals surface area contributed by atoms with E-state index in [0.717, 1.165) is 6.54 Å². The van der Waals surface area contributed by atoms with Crippen molar-refractivity contribution in [1.82, 2.24) is 4.90 Å². The molecule has 0 radical (unpaired) electrons. The molecule has 0 amide bonds. The van der Waals surface area contributed by atoms with Gasteiger partial charge >= 0.3 is 0 Å². The van der Waals surface area contributed by atoms with Crippen molar-refractivity contribution in [3.05, 3.63) is 53.1 Å². The fourth-order valence-electron chi connectivity index (χ4n) is 2.10. The molecule has 1 heteroatoms. The highest BCUT2D eigenvalue weighted by Crippen LogP contribution is 2.18. The molecule has 1 aromatic rings. The monoisotopic (exact) mass is 213 g/mol. The van der Waals surface area contributed by atoms with Crippen LogP contribution in [0.2, 0.25) is 0 Å². The highest BCUT2D eigenvalue weighted by atomic mass is 15.1. The summed E-state index contributed by atoms with van der Waals surface area (Å²) in [7, 11) is 2.18. The molecule has 0 saturated carbocycles. The molecule has 1 aromatic carbocycles. The normalized spacial score (nSPS) is 18.4. The van der Waals surface area contributed by atoms with Crippen molar-refractivity contribution in [2.45, 2.75) is 13.3 Å². The van der Waals surface area contributed by atoms with E-state index >= 15 is 0 Å². The first-order chi connectivity index (χ1) is 7.75. The van der Waals surface area contributed by atoms with Crippen LogP contribution in [0.5, 0.6) is 0 Å². The lowest BCUT2D eigenvalue weighted by Gasteiger charge is -2.24. The quantitative estimate of drug-likeness (QED) is 0.728. The smallest absolute Gasteiger partial charge is 0.0193 e. The second-order valence-corrected chi connectivity index (χ2v) is 4.54. The van der Waals surface area contributed by atoms with E-state index in [1.807, 2.05) is 0 Å². The summed E-state index contributed by atoms with van der Waals surface area (Å²) >= 11 is 0. The van der Waals surface area contributed by atoms with E-state index in [1.54, 1.807) is 0 Å². The molecule has 0 unspecified atom stereocenters. The number of rotatable bonds is 2. The maximum Gasteiger partial charge on any atom is 0.0193 e. The van der Waals surface area contributed by atoms with Crippen molar-refractivity contribution in [1.29, 1.82) is 0 Å². The van der Waals surface area contributed by atoms with Gasteiger partial charge in [-0.15, -0.1) is 0 Å². The molecule has 1 nitrogen and oxygen atoms in total. The maximum absolute atomic E-state index is 2.37. The van der Waals surface area contributed by atoms with E-state index in [9.17, 15) is 0 Å². The first-order valence-electron chi connectivity index (χ1n) is 5.86. The van der Waals surface area contributed by atoms with Crippen molar-refractivity contribution in [3.8, 4) is 0 Å². The molecule has 16 heavy (non-hydrogen) atoms. The highest BCUT2D eigenvalue weighted by molar-refractivity contribution is 5.53. The first-order valence-corrected chi connectivity index (χ1v) is 5.86. The SMILES string of the molecule is CC1=C(/C=C/c2ccccc2)CCN(C)C1. The summed E-state index contributed by atoms with van der Waals surface area (Å²) in [5.41, 5.74) is 4.28. The number of allylic oxidation sites excluding steroid dienone is 1. The molecule has 0 aromatic heterocycles. The molecule has 0 aliphatic carbocycles. The van der Waals surface area contributed by atoms with Crippen molar-refractivity contribution in [3.63, 3.8) is 0 Å². The predicted molar refractivity (Wildman–Crippen MR) is 70.3 cm³/mol. The minimum Gasteiger partial charge on any atom is -0.302 e. The van der Waals surface area contributed by atoms with Gasteiger partial charge in [-0.3, -0.25) is 0 Å². The summed E-state index contributed by atoms with van der Waals surface area (Å²) in [6, 6.07) is 10.5. The standard InChI is InChI=1S/C15H19N/c1-13-12-16(2)11-10-15(13)9-8-14-6-4-3-5-7-14/h3-9H,10-12H2,1-2H3/b9-8+. The van der Waals surface area contributed by atoms with Crippen molar-refractivity contribution >= 4 is 6.08 Å². The molecule has 84 valence electrons. The molecule has 0 fully saturated rings. The minimum atomic E-state index is 1.11. The van der Waals surface area contributed by atoms with Gasteiger partial charge in [0.1, 0.15) is 0 Å². The Bertz CT molecular complexity index is 401. The van der Waals surface area contributed by atoms with Gasteiger partial charge in [0, 0.05) is 13.1 Å². The topological polar surface area (TPSA) is 3.24 Å². The Kier molecular flexibility index (Phi) is 3.58. The second kappa shape index (κ2) is 5.13. The van der Waals surface area contributed by atoms with Gasteiger partial charge in [-0.2, -0.15) is 0 Å². The van der Waals surface area contributed by atoms with Gasteiger partial charge in [0.25, 0.3) is 0 Å². The lowest BCUT2D eigenvalue weighted by Crippen LogP contribution is -2.26. The fraction of sp³-hybridized carbons (Fsp3) is 0.333. The van der Waals surface area contributed by atoms with Crippen molar-refractivity contribution < 1.29 is 0 Å². The number of nitrogens with zero attached hydrogens (tertiary/aromatic N) is 1. The van der Waals surface area contributed by atoms with Gasteiger partial charge in [0.05, 0.1) is 0 Å². The van der Waals surface area contributed by atoms with Crippen LogP contribution in [0.15, 0.2) is 47.6 Å². The molecule has 0 spiro atoms. The third-order valence-corrected chi connectivity index (χ3v) is 3.09. The van der Waals surface area contributed by atoms with Crippen LogP contribution in [-0.4, -0.2) is 25.0 Å². The van der Waals surface area contributed by atoms with Gasteiger partial charge < -0.3 is 4.90 Å². The molecular weight excluding hydrogens is 194 g/mol. The Balaban J connectivity index is 2.10. The van der Waals surface area contributed by atoms with E-state index in [4.69, 9.17) is 0 Å². The Hall–Kier alpha value is -1.34. The molecule has 1 aliphatic rings. The zero-order valence-corrected chi connectivity index (χ0v) is 10.1. The largest absolute Gasteiger partial charge is 0.302 e. The van der Waals surface area contributed by atoms with Crippen molar-refractivity contribution in [2.75, 3.05) is 20.1 Å². The van der Waals surface area contributed by atoms with Crippen LogP contribution in [0, 0.1) is 0 Å². The maximum atomic E-state index is 2.37. The molecule has 0 saturated heterocycles. The van der Waals surface area contributed by atoms with E-state index < -0.39 is 0 Å². The van der Waals surface area contributed by atoms with Crippen LogP contribution in [-0.2, 0) is 0 Å². The van der Waals surface area contributed by atoms with E-state index in [1.165, 1.54) is 29.7 Å². The highest BCUT2D eigenvalue weighted by Gasteiger charge is 2.10. The summed E-state index contributed by atoms with van der Waals surface area (Å²) in [6.45, 7) is 4.51. The average Bonchev–Trinajstić information content (AvgIpc) is 2.29. The zero-order chi connectivity index (χ0) is 11.4. The van der Waals surface area contributed by atoms with Gasteiger partial charge in [-0.25, -0.2) is 0 Å². The number of benzene rings is 1. The van der Waals surface area contributed by atoms with Crippen LogP contribution in [0.25, 0.3) is 6.08 Å². The minimum absolute atomic E-state index is 1.11. The van der Waals surface area contributed by atoms with Crippen molar-refractivity contribution in [2.24, 2.45) is 0 Å². The fourth-order valence-corrected chi connectivity index (χ4v) is 2.10. The van der Waals surface area contributed by atoms with E-state index in [0.29, 0.717) is 0 Å². The van der Waals surface area contributed by atoms with E-state index in [2.05, 4.69) is 61.4 Å². The predicted octanol–water partition coefficient (Wildman–Crippen LogP) is 3.35. The van der Waals surface area contributed by atoms with Crippen LogP contribution in [0.4, 0.5) is 0 Å². The molecular formula is C15H19N. The lowest BCUT2D eigenvalue weighted by molar-refractivity contribution is 0.350. The number of hydrogen-bond donors (Lipinski definition) is 0. The van der Waals surface area contributed by atoms with Gasteiger partial charge in [0.2, 0.25) is 0 Å². The van der Waals surface area contributed by atoms with Crippen LogP contribution in [0.3, 0.4) is 0 Å². The third-order valence-electron chi connectivity index (χ3n) is 3.09. The molecule has 0 atom stereocenters. The zero-order valence-electron chi connectivity index (χ0n) is 10.1. The van der Waals surface area contributed by atoms with Crippen LogP contribution < -0.4 is 0 Å². The van der Waals surface area contributed by atoms with Gasteiger partial charge in [0.15, 0.2) is 0 Å². The summed E-state index contributed by atoms with van der Waals surface area (Å²) < 4.78 is 0. The Morgan fingerprint density at radius 3 is 2.56 bits per heavy atom. The van der Waals surface area contributed by atoms with Gasteiger partial charge in [-0.1, -0.05) is 48.1 Å². The van der Waals surface area contributed by atoms with Crippen LogP contribution >= 0.6 is 0 Å². The molecule has 2 rings (SSSR count). The van der Waals surface area contributed by atoms with Gasteiger partial charge in [-0.05, 0) is 31.5 Å². The van der Waals surface area contributed by atoms with Crippen LogP contribution in [0.1, 0.15) is 18.9 Å². The summed E-state index contributed by atoms with van der Waals surface area (Å²) in [5.74, 6) is 0. The second-order valence-electron chi connectivity index (χ2n) is 4.54. The Morgan fingerprint density at radius 1 is 1.12 bits per heavy atom. The number of likely N-dealkylation sites (N-methyl/N-ethyl adjacent to an activating group) is 1. The number of hydrogen-bond acceptors (Lipinski definition) is 1. The first kappa shape index (κ1) is 11.2. The summed E-state index contributed by atoms with van der Waals surface area (Å²) in [5, 5.41) is 0. The van der Waals surface area contributed by atoms with E-state index in [-0.39, 0.29) is 0 Å². The average molecular weight is 213 g/mol.